The van der Waals surface area contributed by atoms with Gasteiger partial charge in [0.05, 0.1) is 23.4 Å². The first kappa shape index (κ1) is 11.1. The van der Waals surface area contributed by atoms with Crippen molar-refractivity contribution in [2.24, 2.45) is 0 Å². The van der Waals surface area contributed by atoms with Crippen molar-refractivity contribution in [2.75, 3.05) is 7.11 Å². The zero-order chi connectivity index (χ0) is 12.4. The van der Waals surface area contributed by atoms with E-state index < -0.39 is 4.92 Å². The Kier molecular flexibility index (Phi) is 2.78. The lowest BCUT2D eigenvalue weighted by Crippen LogP contribution is -2.00. The topological polar surface area (TPSA) is 70.2 Å². The molecule has 2 rings (SSSR count). The van der Waals surface area contributed by atoms with Crippen LogP contribution in [0.25, 0.3) is 5.69 Å². The number of benzene rings is 1. The second-order valence-corrected chi connectivity index (χ2v) is 3.51. The SMILES string of the molecule is COc1cc(C)nn1-c1ccc([N+](=O)[O-])cc1. The lowest BCUT2D eigenvalue weighted by atomic mass is 10.3. The maximum atomic E-state index is 10.5. The zero-order valence-electron chi connectivity index (χ0n) is 9.45. The molecule has 88 valence electrons. The van der Waals surface area contributed by atoms with Gasteiger partial charge in [-0.1, -0.05) is 0 Å². The molecule has 0 aliphatic rings. The molecule has 1 aromatic carbocycles. The van der Waals surface area contributed by atoms with Crippen LogP contribution in [0, 0.1) is 17.0 Å². The third kappa shape index (κ3) is 2.10. The summed E-state index contributed by atoms with van der Waals surface area (Å²) in [4.78, 5) is 10.1. The number of nitrogens with zero attached hydrogens (tertiary/aromatic N) is 3. The Balaban J connectivity index is 2.42. The predicted molar refractivity (Wildman–Crippen MR) is 61.5 cm³/mol. The van der Waals surface area contributed by atoms with Crippen LogP contribution >= 0.6 is 0 Å². The summed E-state index contributed by atoms with van der Waals surface area (Å²) >= 11 is 0. The monoisotopic (exact) mass is 233 g/mol. The second-order valence-electron chi connectivity index (χ2n) is 3.51. The first-order chi connectivity index (χ1) is 8.11. The van der Waals surface area contributed by atoms with Crippen LogP contribution in [0.1, 0.15) is 5.69 Å². The number of non-ortho nitro benzene ring substituents is 1. The van der Waals surface area contributed by atoms with Crippen molar-refractivity contribution < 1.29 is 9.66 Å². The first-order valence-corrected chi connectivity index (χ1v) is 4.97. The Hall–Kier alpha value is -2.37. The maximum Gasteiger partial charge on any atom is 0.269 e. The Morgan fingerprint density at radius 1 is 1.35 bits per heavy atom. The molecule has 1 heterocycles. The smallest absolute Gasteiger partial charge is 0.269 e. The molecule has 0 bridgehead atoms. The fraction of sp³-hybridized carbons (Fsp3) is 0.182. The minimum Gasteiger partial charge on any atom is -0.481 e. The maximum absolute atomic E-state index is 10.5. The molecule has 6 nitrogen and oxygen atoms in total. The van der Waals surface area contributed by atoms with E-state index in [-0.39, 0.29) is 5.69 Å². The van der Waals surface area contributed by atoms with Crippen LogP contribution in [0.3, 0.4) is 0 Å². The van der Waals surface area contributed by atoms with Gasteiger partial charge in [0.25, 0.3) is 5.69 Å². The standard InChI is InChI=1S/C11H11N3O3/c1-8-7-11(17-2)13(12-8)9-3-5-10(6-4-9)14(15)16/h3-7H,1-2H3. The van der Waals surface area contributed by atoms with E-state index in [1.807, 2.05) is 6.92 Å². The molecule has 0 saturated heterocycles. The van der Waals surface area contributed by atoms with Crippen molar-refractivity contribution in [1.29, 1.82) is 0 Å². The van der Waals surface area contributed by atoms with E-state index in [1.54, 1.807) is 30.0 Å². The van der Waals surface area contributed by atoms with Crippen LogP contribution in [-0.4, -0.2) is 21.8 Å². The average Bonchev–Trinajstić information content (AvgIpc) is 2.70. The number of hydrogen-bond acceptors (Lipinski definition) is 4. The largest absolute Gasteiger partial charge is 0.481 e. The van der Waals surface area contributed by atoms with Crippen molar-refractivity contribution >= 4 is 5.69 Å². The van der Waals surface area contributed by atoms with Gasteiger partial charge < -0.3 is 4.74 Å². The van der Waals surface area contributed by atoms with Gasteiger partial charge in [-0.25, -0.2) is 4.68 Å². The number of aryl methyl sites for hydroxylation is 1. The van der Waals surface area contributed by atoms with Crippen molar-refractivity contribution in [3.8, 4) is 11.6 Å². The molecule has 17 heavy (non-hydrogen) atoms. The average molecular weight is 233 g/mol. The van der Waals surface area contributed by atoms with E-state index in [0.29, 0.717) is 5.88 Å². The Labute approximate surface area is 97.6 Å². The van der Waals surface area contributed by atoms with E-state index in [0.717, 1.165) is 11.4 Å². The molecule has 0 saturated carbocycles. The van der Waals surface area contributed by atoms with Crippen molar-refractivity contribution in [3.05, 3.63) is 46.1 Å². The summed E-state index contributed by atoms with van der Waals surface area (Å²) in [6.07, 6.45) is 0. The van der Waals surface area contributed by atoms with Crippen LogP contribution in [0.4, 0.5) is 5.69 Å². The third-order valence-electron chi connectivity index (χ3n) is 2.31. The third-order valence-corrected chi connectivity index (χ3v) is 2.31. The second kappa shape index (κ2) is 4.25. The lowest BCUT2D eigenvalue weighted by Gasteiger charge is -2.05. The van der Waals surface area contributed by atoms with E-state index in [2.05, 4.69) is 5.10 Å². The number of nitro benzene ring substituents is 1. The summed E-state index contributed by atoms with van der Waals surface area (Å²) in [5.74, 6) is 0.594. The fourth-order valence-electron chi connectivity index (χ4n) is 1.52. The summed E-state index contributed by atoms with van der Waals surface area (Å²) in [6.45, 7) is 1.85. The van der Waals surface area contributed by atoms with Gasteiger partial charge >= 0.3 is 0 Å². The number of aromatic nitrogens is 2. The molecule has 0 spiro atoms. The van der Waals surface area contributed by atoms with Crippen LogP contribution in [0.5, 0.6) is 5.88 Å². The Bertz CT molecular complexity index is 546. The molecular formula is C11H11N3O3. The van der Waals surface area contributed by atoms with Crippen LogP contribution in [0.2, 0.25) is 0 Å². The Morgan fingerprint density at radius 2 is 2.00 bits per heavy atom. The van der Waals surface area contributed by atoms with Gasteiger partial charge in [-0.2, -0.15) is 5.10 Å². The number of hydrogen-bond donors (Lipinski definition) is 0. The highest BCUT2D eigenvalue weighted by Crippen LogP contribution is 2.20. The predicted octanol–water partition coefficient (Wildman–Crippen LogP) is 2.10. The van der Waals surface area contributed by atoms with Gasteiger partial charge in [0, 0.05) is 18.2 Å². The van der Waals surface area contributed by atoms with Crippen LogP contribution in [-0.2, 0) is 0 Å². The highest BCUT2D eigenvalue weighted by atomic mass is 16.6. The van der Waals surface area contributed by atoms with E-state index in [1.165, 1.54) is 12.1 Å². The summed E-state index contributed by atoms with van der Waals surface area (Å²) in [5, 5.41) is 14.8. The summed E-state index contributed by atoms with van der Waals surface area (Å²) in [7, 11) is 1.55. The summed E-state index contributed by atoms with van der Waals surface area (Å²) in [6, 6.07) is 7.93. The zero-order valence-corrected chi connectivity index (χ0v) is 9.45. The van der Waals surface area contributed by atoms with Gasteiger partial charge in [-0.05, 0) is 19.1 Å². The fourth-order valence-corrected chi connectivity index (χ4v) is 1.52. The van der Waals surface area contributed by atoms with Crippen molar-refractivity contribution in [2.45, 2.75) is 6.92 Å². The van der Waals surface area contributed by atoms with Gasteiger partial charge in [0.1, 0.15) is 0 Å². The van der Waals surface area contributed by atoms with E-state index >= 15 is 0 Å². The number of rotatable bonds is 3. The van der Waals surface area contributed by atoms with E-state index in [4.69, 9.17) is 4.74 Å². The van der Waals surface area contributed by atoms with Gasteiger partial charge in [-0.15, -0.1) is 0 Å². The van der Waals surface area contributed by atoms with Gasteiger partial charge in [0.2, 0.25) is 5.88 Å². The van der Waals surface area contributed by atoms with Crippen molar-refractivity contribution in [1.82, 2.24) is 9.78 Å². The van der Waals surface area contributed by atoms with E-state index in [9.17, 15) is 10.1 Å². The molecule has 0 unspecified atom stereocenters. The molecule has 0 amide bonds. The quantitative estimate of drug-likeness (QED) is 0.601. The minimum atomic E-state index is -0.435. The molecule has 0 fully saturated rings. The molecule has 0 radical (unpaired) electrons. The summed E-state index contributed by atoms with van der Waals surface area (Å²) < 4.78 is 6.76. The number of ether oxygens (including phenoxy) is 1. The molecule has 1 aromatic heterocycles. The molecule has 0 aliphatic carbocycles. The Morgan fingerprint density at radius 3 is 2.53 bits per heavy atom. The molecule has 0 aliphatic heterocycles. The summed E-state index contributed by atoms with van der Waals surface area (Å²) in [5.41, 5.74) is 1.59. The number of methoxy groups -OCH3 is 1. The van der Waals surface area contributed by atoms with Crippen LogP contribution in [0.15, 0.2) is 30.3 Å². The molecule has 0 atom stereocenters. The van der Waals surface area contributed by atoms with Gasteiger partial charge in [-0.3, -0.25) is 10.1 Å². The number of nitro groups is 1. The molecule has 6 heteroatoms. The minimum absolute atomic E-state index is 0.0524. The van der Waals surface area contributed by atoms with Gasteiger partial charge in [0.15, 0.2) is 0 Å². The van der Waals surface area contributed by atoms with Crippen molar-refractivity contribution in [3.63, 3.8) is 0 Å². The molecule has 0 N–H and O–H groups in total. The van der Waals surface area contributed by atoms with Crippen LogP contribution < -0.4 is 4.74 Å². The molecular weight excluding hydrogens is 222 g/mol. The first-order valence-electron chi connectivity index (χ1n) is 4.97. The normalized spacial score (nSPS) is 10.2. The highest BCUT2D eigenvalue weighted by Gasteiger charge is 2.09. The molecule has 2 aromatic rings. The highest BCUT2D eigenvalue weighted by molar-refractivity contribution is 5.42. The lowest BCUT2D eigenvalue weighted by molar-refractivity contribution is -0.384.